The van der Waals surface area contributed by atoms with E-state index in [1.165, 1.54) is 0 Å². The molecule has 5 heteroatoms. The van der Waals surface area contributed by atoms with E-state index in [0.29, 0.717) is 22.2 Å². The third kappa shape index (κ3) is 3.41. The van der Waals surface area contributed by atoms with Crippen molar-refractivity contribution in [2.24, 2.45) is 0 Å². The van der Waals surface area contributed by atoms with Gasteiger partial charge in [-0.2, -0.15) is 0 Å². The molecular formula is C12H12ClNO2S. The second kappa shape index (κ2) is 5.47. The molecule has 17 heavy (non-hydrogen) atoms. The van der Waals surface area contributed by atoms with Crippen molar-refractivity contribution in [3.63, 3.8) is 0 Å². The lowest BCUT2D eigenvalue weighted by Crippen LogP contribution is -2.00. The number of hydrogen-bond donors (Lipinski definition) is 0. The van der Waals surface area contributed by atoms with Gasteiger partial charge >= 0.3 is 0 Å². The summed E-state index contributed by atoms with van der Waals surface area (Å²) in [7, 11) is -1.03. The maximum Gasteiger partial charge on any atom is 0.133 e. The van der Waals surface area contributed by atoms with E-state index in [2.05, 4.69) is 5.16 Å². The molecule has 0 aliphatic carbocycles. The molecule has 0 saturated carbocycles. The van der Waals surface area contributed by atoms with Crippen LogP contribution in [0.3, 0.4) is 0 Å². The van der Waals surface area contributed by atoms with Crippen LogP contribution in [-0.4, -0.2) is 9.37 Å². The number of hydrogen-bond acceptors (Lipinski definition) is 3. The third-order valence-corrected chi connectivity index (χ3v) is 3.88. The highest BCUT2D eigenvalue weighted by atomic mass is 35.5. The first kappa shape index (κ1) is 12.3. The smallest absolute Gasteiger partial charge is 0.133 e. The van der Waals surface area contributed by atoms with Crippen molar-refractivity contribution in [1.82, 2.24) is 5.16 Å². The van der Waals surface area contributed by atoms with Crippen molar-refractivity contribution >= 4 is 22.4 Å². The van der Waals surface area contributed by atoms with E-state index in [1.807, 2.05) is 25.1 Å². The molecule has 0 aliphatic heterocycles. The highest BCUT2D eigenvalue weighted by molar-refractivity contribution is 7.83. The highest BCUT2D eigenvalue weighted by Crippen LogP contribution is 2.17. The van der Waals surface area contributed by atoms with Crippen LogP contribution in [0.25, 0.3) is 0 Å². The Morgan fingerprint density at radius 2 is 2.12 bits per heavy atom. The molecule has 3 nitrogen and oxygen atoms in total. The first-order valence-electron chi connectivity index (χ1n) is 5.16. The average Bonchev–Trinajstić information content (AvgIpc) is 2.67. The van der Waals surface area contributed by atoms with Gasteiger partial charge in [-0.15, -0.1) is 0 Å². The Labute approximate surface area is 107 Å². The fourth-order valence-corrected chi connectivity index (χ4v) is 2.94. The van der Waals surface area contributed by atoms with E-state index in [9.17, 15) is 4.21 Å². The Balaban J connectivity index is 2.01. The minimum Gasteiger partial charge on any atom is -0.361 e. The van der Waals surface area contributed by atoms with Crippen molar-refractivity contribution in [1.29, 1.82) is 0 Å². The lowest BCUT2D eigenvalue weighted by Gasteiger charge is -2.02. The molecule has 0 aliphatic rings. The van der Waals surface area contributed by atoms with E-state index in [1.54, 1.807) is 12.1 Å². The Hall–Kier alpha value is -1.13. The molecular weight excluding hydrogens is 258 g/mol. The van der Waals surface area contributed by atoms with E-state index >= 15 is 0 Å². The van der Waals surface area contributed by atoms with Crippen molar-refractivity contribution in [3.8, 4) is 0 Å². The van der Waals surface area contributed by atoms with Gasteiger partial charge in [-0.3, -0.25) is 4.21 Å². The summed E-state index contributed by atoms with van der Waals surface area (Å²) in [5.41, 5.74) is 1.61. The van der Waals surface area contributed by atoms with Gasteiger partial charge in [-0.05, 0) is 18.6 Å². The summed E-state index contributed by atoms with van der Waals surface area (Å²) in [6.45, 7) is 1.81. The zero-order valence-electron chi connectivity index (χ0n) is 9.35. The molecule has 0 spiro atoms. The van der Waals surface area contributed by atoms with Crippen LogP contribution in [0.2, 0.25) is 5.02 Å². The van der Waals surface area contributed by atoms with Gasteiger partial charge in [-0.25, -0.2) is 0 Å². The van der Waals surface area contributed by atoms with Crippen LogP contribution < -0.4 is 0 Å². The van der Waals surface area contributed by atoms with Crippen LogP contribution in [-0.2, 0) is 22.3 Å². The minimum atomic E-state index is -1.03. The fraction of sp³-hybridized carbons (Fsp3) is 0.250. The zero-order chi connectivity index (χ0) is 12.3. The number of nitrogens with zero attached hydrogens (tertiary/aromatic N) is 1. The molecule has 2 aromatic rings. The molecule has 0 fully saturated rings. The standard InChI is InChI=1S/C12H12ClNO2S/c1-9-6-11(14-16-9)8-17(15)7-10-4-2-3-5-12(10)13/h2-6H,7-8H2,1H3/t17-/m1/s1. The Morgan fingerprint density at radius 3 is 2.76 bits per heavy atom. The predicted molar refractivity (Wildman–Crippen MR) is 68.2 cm³/mol. The molecule has 2 rings (SSSR count). The maximum atomic E-state index is 11.9. The van der Waals surface area contributed by atoms with Gasteiger partial charge in [0, 0.05) is 21.9 Å². The molecule has 1 aromatic carbocycles. The van der Waals surface area contributed by atoms with Gasteiger partial charge in [0.2, 0.25) is 0 Å². The number of benzene rings is 1. The van der Waals surface area contributed by atoms with Crippen LogP contribution in [0.1, 0.15) is 17.0 Å². The molecule has 0 bridgehead atoms. The fourth-order valence-electron chi connectivity index (χ4n) is 1.49. The van der Waals surface area contributed by atoms with Crippen LogP contribution in [0.5, 0.6) is 0 Å². The normalized spacial score (nSPS) is 12.6. The summed E-state index contributed by atoms with van der Waals surface area (Å²) in [6, 6.07) is 9.22. The van der Waals surface area contributed by atoms with E-state index < -0.39 is 10.8 Å². The average molecular weight is 270 g/mol. The monoisotopic (exact) mass is 269 g/mol. The first-order valence-corrected chi connectivity index (χ1v) is 7.02. The molecule has 1 heterocycles. The Kier molecular flexibility index (Phi) is 3.97. The molecule has 0 N–H and O–H groups in total. The summed E-state index contributed by atoms with van der Waals surface area (Å²) in [4.78, 5) is 0. The van der Waals surface area contributed by atoms with Crippen LogP contribution >= 0.6 is 11.6 Å². The Bertz CT molecular complexity index is 539. The minimum absolute atomic E-state index is 0.391. The summed E-state index contributed by atoms with van der Waals surface area (Å²) in [5, 5.41) is 4.47. The number of rotatable bonds is 4. The number of aromatic nitrogens is 1. The van der Waals surface area contributed by atoms with Gasteiger partial charge in [0.25, 0.3) is 0 Å². The largest absolute Gasteiger partial charge is 0.361 e. The maximum absolute atomic E-state index is 11.9. The van der Waals surface area contributed by atoms with Gasteiger partial charge in [0.15, 0.2) is 0 Å². The van der Waals surface area contributed by atoms with Gasteiger partial charge in [0.05, 0.1) is 17.2 Å². The second-order valence-corrected chi connectivity index (χ2v) is 5.61. The molecule has 0 saturated heterocycles. The molecule has 0 radical (unpaired) electrons. The lowest BCUT2D eigenvalue weighted by atomic mass is 10.2. The quantitative estimate of drug-likeness (QED) is 0.857. The van der Waals surface area contributed by atoms with E-state index in [0.717, 1.165) is 11.3 Å². The van der Waals surface area contributed by atoms with E-state index in [4.69, 9.17) is 16.1 Å². The number of halogens is 1. The van der Waals surface area contributed by atoms with Crippen molar-refractivity contribution in [3.05, 3.63) is 52.4 Å². The van der Waals surface area contributed by atoms with Crippen LogP contribution in [0, 0.1) is 6.92 Å². The summed E-state index contributed by atoms with van der Waals surface area (Å²) >= 11 is 6.01. The molecule has 90 valence electrons. The van der Waals surface area contributed by atoms with Gasteiger partial charge < -0.3 is 4.52 Å². The lowest BCUT2D eigenvalue weighted by molar-refractivity contribution is 0.392. The van der Waals surface area contributed by atoms with Crippen molar-refractivity contribution in [2.75, 3.05) is 0 Å². The predicted octanol–water partition coefficient (Wildman–Crippen LogP) is 3.09. The van der Waals surface area contributed by atoms with Crippen LogP contribution in [0.4, 0.5) is 0 Å². The summed E-state index contributed by atoms with van der Waals surface area (Å²) in [6.07, 6.45) is 0. The number of aryl methyl sites for hydroxylation is 1. The molecule has 1 aromatic heterocycles. The highest BCUT2D eigenvalue weighted by Gasteiger charge is 2.08. The topological polar surface area (TPSA) is 43.1 Å². The summed E-state index contributed by atoms with van der Waals surface area (Å²) in [5.74, 6) is 1.56. The van der Waals surface area contributed by atoms with Gasteiger partial charge in [-0.1, -0.05) is 35.0 Å². The summed E-state index contributed by atoms with van der Waals surface area (Å²) < 4.78 is 16.8. The SMILES string of the molecule is Cc1cc(C[S@](=O)Cc2ccccc2Cl)no1. The molecule has 1 atom stereocenters. The van der Waals surface area contributed by atoms with Crippen LogP contribution in [0.15, 0.2) is 34.9 Å². The first-order chi connectivity index (χ1) is 8.15. The van der Waals surface area contributed by atoms with Crippen molar-refractivity contribution < 1.29 is 8.73 Å². The molecule has 0 amide bonds. The Morgan fingerprint density at radius 1 is 1.35 bits per heavy atom. The van der Waals surface area contributed by atoms with E-state index in [-0.39, 0.29) is 0 Å². The van der Waals surface area contributed by atoms with Crippen molar-refractivity contribution in [2.45, 2.75) is 18.4 Å². The second-order valence-electron chi connectivity index (χ2n) is 3.75. The zero-order valence-corrected chi connectivity index (χ0v) is 10.9. The molecule has 0 unspecified atom stereocenters. The van der Waals surface area contributed by atoms with Gasteiger partial charge in [0.1, 0.15) is 5.76 Å². The third-order valence-electron chi connectivity index (χ3n) is 2.26.